The molecule has 160 valence electrons. The Morgan fingerprint density at radius 1 is 1.20 bits per heavy atom. The Morgan fingerprint density at radius 2 is 1.97 bits per heavy atom. The van der Waals surface area contributed by atoms with Crippen molar-refractivity contribution in [3.8, 4) is 0 Å². The molecule has 2 N–H and O–H groups in total. The first-order chi connectivity index (χ1) is 14.1. The van der Waals surface area contributed by atoms with Gasteiger partial charge in [-0.05, 0) is 36.2 Å². The van der Waals surface area contributed by atoms with E-state index in [0.29, 0.717) is 6.54 Å². The molecule has 7 heteroatoms. The predicted octanol–water partition coefficient (Wildman–Crippen LogP) is 4.48. The number of guanidine groups is 1. The van der Waals surface area contributed by atoms with Crippen LogP contribution in [0.25, 0.3) is 10.8 Å². The van der Waals surface area contributed by atoms with Crippen molar-refractivity contribution in [1.82, 2.24) is 25.4 Å². The van der Waals surface area contributed by atoms with E-state index in [2.05, 4.69) is 93.3 Å². The molecule has 0 aliphatic rings. The summed E-state index contributed by atoms with van der Waals surface area (Å²) in [6.07, 6.45) is 2.64. The standard InChI is InChI=1S/C23H30N6.HI/c1-5-22-28-26-16-29(22)13-12-24-23(25-15-17(2)3)27-18(4)20-11-10-19-8-6-7-9-21(19)14-20;/h6-11,14,16,18H,2,5,12-13,15H2,1,3-4H3,(H2,24,25,27);1H. The van der Waals surface area contributed by atoms with Crippen molar-refractivity contribution in [3.63, 3.8) is 0 Å². The van der Waals surface area contributed by atoms with Crippen LogP contribution < -0.4 is 10.6 Å². The van der Waals surface area contributed by atoms with Crippen LogP contribution in [0.4, 0.5) is 0 Å². The van der Waals surface area contributed by atoms with Gasteiger partial charge in [0.2, 0.25) is 0 Å². The van der Waals surface area contributed by atoms with Gasteiger partial charge in [-0.3, -0.25) is 0 Å². The molecule has 0 amide bonds. The second-order valence-corrected chi connectivity index (χ2v) is 7.32. The minimum atomic E-state index is 0. The lowest BCUT2D eigenvalue weighted by Gasteiger charge is -2.19. The minimum absolute atomic E-state index is 0. The number of hydrogen-bond donors (Lipinski definition) is 2. The first-order valence-electron chi connectivity index (χ1n) is 10.1. The third-order valence-electron chi connectivity index (χ3n) is 4.79. The molecule has 6 nitrogen and oxygen atoms in total. The van der Waals surface area contributed by atoms with Crippen molar-refractivity contribution in [2.45, 2.75) is 39.8 Å². The van der Waals surface area contributed by atoms with Crippen LogP contribution in [0.2, 0.25) is 0 Å². The van der Waals surface area contributed by atoms with Crippen molar-refractivity contribution < 1.29 is 0 Å². The molecule has 0 aliphatic carbocycles. The number of aliphatic imine (C=N–C) groups is 1. The van der Waals surface area contributed by atoms with Gasteiger partial charge in [-0.25, -0.2) is 4.99 Å². The second kappa shape index (κ2) is 11.7. The Bertz CT molecular complexity index is 994. The fourth-order valence-electron chi connectivity index (χ4n) is 3.17. The molecule has 0 radical (unpaired) electrons. The molecule has 0 saturated carbocycles. The van der Waals surface area contributed by atoms with E-state index in [1.54, 1.807) is 6.33 Å². The molecule has 0 spiro atoms. The van der Waals surface area contributed by atoms with Crippen molar-refractivity contribution in [1.29, 1.82) is 0 Å². The van der Waals surface area contributed by atoms with E-state index >= 15 is 0 Å². The molecular weight excluding hydrogens is 487 g/mol. The molecule has 0 fully saturated rings. The maximum Gasteiger partial charge on any atom is 0.192 e. The summed E-state index contributed by atoms with van der Waals surface area (Å²) in [6, 6.07) is 15.1. The van der Waals surface area contributed by atoms with Gasteiger partial charge in [0.05, 0.1) is 12.6 Å². The Morgan fingerprint density at radius 3 is 2.70 bits per heavy atom. The molecule has 1 heterocycles. The van der Waals surface area contributed by atoms with Crippen molar-refractivity contribution in [3.05, 3.63) is 72.3 Å². The van der Waals surface area contributed by atoms with Crippen LogP contribution in [0.3, 0.4) is 0 Å². The lowest BCUT2D eigenvalue weighted by atomic mass is 10.0. The highest BCUT2D eigenvalue weighted by atomic mass is 127. The Kier molecular flexibility index (Phi) is 9.29. The van der Waals surface area contributed by atoms with E-state index in [1.807, 2.05) is 6.92 Å². The van der Waals surface area contributed by atoms with Crippen LogP contribution in [-0.2, 0) is 13.0 Å². The zero-order valence-electron chi connectivity index (χ0n) is 17.9. The monoisotopic (exact) mass is 518 g/mol. The average Bonchev–Trinajstić information content (AvgIpc) is 3.18. The third kappa shape index (κ3) is 6.55. The van der Waals surface area contributed by atoms with Gasteiger partial charge in [-0.15, -0.1) is 34.2 Å². The summed E-state index contributed by atoms with van der Waals surface area (Å²) in [5, 5.41) is 17.6. The predicted molar refractivity (Wildman–Crippen MR) is 135 cm³/mol. The molecule has 2 aromatic carbocycles. The lowest BCUT2D eigenvalue weighted by Crippen LogP contribution is -2.40. The number of benzene rings is 2. The molecule has 3 rings (SSSR count). The second-order valence-electron chi connectivity index (χ2n) is 7.32. The Hall–Kier alpha value is -2.42. The summed E-state index contributed by atoms with van der Waals surface area (Å²) in [4.78, 5) is 4.67. The topological polar surface area (TPSA) is 67.1 Å². The molecule has 0 aliphatic heterocycles. The highest BCUT2D eigenvalue weighted by molar-refractivity contribution is 14.0. The van der Waals surface area contributed by atoms with E-state index in [0.717, 1.165) is 36.9 Å². The van der Waals surface area contributed by atoms with E-state index in [1.165, 1.54) is 16.3 Å². The normalized spacial score (nSPS) is 12.3. The van der Waals surface area contributed by atoms with Crippen LogP contribution in [0.5, 0.6) is 0 Å². The molecule has 3 aromatic rings. The Labute approximate surface area is 195 Å². The number of rotatable bonds is 8. The van der Waals surface area contributed by atoms with Crippen molar-refractivity contribution in [2.24, 2.45) is 4.99 Å². The largest absolute Gasteiger partial charge is 0.355 e. The highest BCUT2D eigenvalue weighted by Crippen LogP contribution is 2.20. The van der Waals surface area contributed by atoms with Gasteiger partial charge >= 0.3 is 0 Å². The number of halogens is 1. The first kappa shape index (κ1) is 23.9. The maximum atomic E-state index is 4.67. The van der Waals surface area contributed by atoms with E-state index < -0.39 is 0 Å². The fourth-order valence-corrected chi connectivity index (χ4v) is 3.17. The van der Waals surface area contributed by atoms with E-state index in [4.69, 9.17) is 0 Å². The quantitative estimate of drug-likeness (QED) is 0.200. The number of fused-ring (bicyclic) bond motifs is 1. The fraction of sp³-hybridized carbons (Fsp3) is 0.348. The van der Waals surface area contributed by atoms with Gasteiger partial charge in [-0.1, -0.05) is 55.5 Å². The zero-order valence-corrected chi connectivity index (χ0v) is 20.3. The molecule has 1 aromatic heterocycles. The van der Waals surface area contributed by atoms with Crippen LogP contribution in [0, 0.1) is 0 Å². The number of nitrogens with zero attached hydrogens (tertiary/aromatic N) is 4. The number of aromatic nitrogens is 3. The summed E-state index contributed by atoms with van der Waals surface area (Å²) < 4.78 is 2.07. The average molecular weight is 518 g/mol. The van der Waals surface area contributed by atoms with Gasteiger partial charge < -0.3 is 15.2 Å². The van der Waals surface area contributed by atoms with Crippen molar-refractivity contribution in [2.75, 3.05) is 13.1 Å². The van der Waals surface area contributed by atoms with Gasteiger partial charge in [0.1, 0.15) is 12.2 Å². The molecule has 1 unspecified atom stereocenters. The number of nitrogens with one attached hydrogen (secondary N) is 2. The van der Waals surface area contributed by atoms with Crippen LogP contribution in [0.1, 0.15) is 38.2 Å². The van der Waals surface area contributed by atoms with Gasteiger partial charge in [0, 0.05) is 19.5 Å². The summed E-state index contributed by atoms with van der Waals surface area (Å²) in [5.41, 5.74) is 2.25. The van der Waals surface area contributed by atoms with Crippen LogP contribution >= 0.6 is 24.0 Å². The molecule has 1 atom stereocenters. The summed E-state index contributed by atoms with van der Waals surface area (Å²) in [6.45, 7) is 12.3. The first-order valence-corrected chi connectivity index (χ1v) is 10.1. The summed E-state index contributed by atoms with van der Waals surface area (Å²) in [7, 11) is 0. The minimum Gasteiger partial charge on any atom is -0.355 e. The molecular formula is C23H31IN6. The Balaban J connectivity index is 0.00000320. The van der Waals surface area contributed by atoms with Crippen molar-refractivity contribution >= 4 is 40.7 Å². The SMILES string of the molecule is C=C(C)CN=C(NCCn1cnnc1CC)NC(C)c1ccc2ccccc2c1.I. The van der Waals surface area contributed by atoms with Gasteiger partial charge in [-0.2, -0.15) is 0 Å². The highest BCUT2D eigenvalue weighted by Gasteiger charge is 2.09. The van der Waals surface area contributed by atoms with Gasteiger partial charge in [0.15, 0.2) is 5.96 Å². The van der Waals surface area contributed by atoms with E-state index in [-0.39, 0.29) is 30.0 Å². The number of aryl methyl sites for hydroxylation is 1. The smallest absolute Gasteiger partial charge is 0.192 e. The van der Waals surface area contributed by atoms with Crippen LogP contribution in [-0.4, -0.2) is 33.8 Å². The number of hydrogen-bond acceptors (Lipinski definition) is 3. The maximum absolute atomic E-state index is 4.67. The zero-order chi connectivity index (χ0) is 20.6. The summed E-state index contributed by atoms with van der Waals surface area (Å²) in [5.74, 6) is 1.77. The van der Waals surface area contributed by atoms with E-state index in [9.17, 15) is 0 Å². The third-order valence-corrected chi connectivity index (χ3v) is 4.79. The molecule has 30 heavy (non-hydrogen) atoms. The molecule has 0 bridgehead atoms. The van der Waals surface area contributed by atoms with Crippen LogP contribution in [0.15, 0.2) is 65.9 Å². The van der Waals surface area contributed by atoms with Gasteiger partial charge in [0.25, 0.3) is 0 Å². The summed E-state index contributed by atoms with van der Waals surface area (Å²) >= 11 is 0. The molecule has 0 saturated heterocycles. The lowest BCUT2D eigenvalue weighted by molar-refractivity contribution is 0.620.